The van der Waals surface area contributed by atoms with Gasteiger partial charge < -0.3 is 124 Å². The summed E-state index contributed by atoms with van der Waals surface area (Å²) < 4.78 is 48.7. The van der Waals surface area contributed by atoms with E-state index in [1.807, 2.05) is 103 Å². The molecule has 2 amide bonds. The zero-order chi connectivity index (χ0) is 63.0. The van der Waals surface area contributed by atoms with E-state index in [1.54, 1.807) is 6.20 Å². The minimum atomic E-state index is -1.68. The number of benzene rings is 4. The number of rotatable bonds is 25. The summed E-state index contributed by atoms with van der Waals surface area (Å²) in [6, 6.07) is 25.6. The number of aromatic nitrogens is 1. The quantitative estimate of drug-likeness (QED) is 0.0216. The van der Waals surface area contributed by atoms with Crippen molar-refractivity contribution in [1.82, 2.24) is 20.9 Å². The number of para-hydroxylation sites is 1. The van der Waals surface area contributed by atoms with Crippen molar-refractivity contribution < 1.29 is 82.9 Å². The molecule has 3 saturated heterocycles. The van der Waals surface area contributed by atoms with Gasteiger partial charge in [0.1, 0.15) is 92.4 Å². The summed E-state index contributed by atoms with van der Waals surface area (Å²) in [7, 11) is 0. The van der Waals surface area contributed by atoms with Crippen molar-refractivity contribution in [3.05, 3.63) is 132 Å². The molecule has 10 rings (SSSR count). The number of alkyl carbamates (subject to hydrolysis) is 1. The highest BCUT2D eigenvalue weighted by Crippen LogP contribution is 2.45. The number of esters is 1. The molecule has 4 heterocycles. The molecule has 4 fully saturated rings. The molecule has 484 valence electrons. The van der Waals surface area contributed by atoms with Gasteiger partial charge in [0.15, 0.2) is 18.9 Å². The van der Waals surface area contributed by atoms with Gasteiger partial charge in [-0.25, -0.2) is 9.59 Å². The molecule has 27 heteroatoms. The summed E-state index contributed by atoms with van der Waals surface area (Å²) in [6.07, 6.45) is -19.0. The molecule has 4 aromatic carbocycles. The number of aliphatic hydroxyl groups is 6. The summed E-state index contributed by atoms with van der Waals surface area (Å²) in [5, 5.41) is 76.3. The molecule has 1 saturated carbocycles. The van der Waals surface area contributed by atoms with Crippen LogP contribution in [0.1, 0.15) is 53.9 Å². The summed E-state index contributed by atoms with van der Waals surface area (Å²) in [5.41, 5.74) is 43.6. The number of fused-ring (bicyclic) bond motifs is 4. The molecule has 89 heavy (non-hydrogen) atoms. The van der Waals surface area contributed by atoms with Crippen LogP contribution in [0.15, 0.2) is 109 Å². The second kappa shape index (κ2) is 29.9. The SMILES string of the molecule is NC[C@H]1OC(O[C@H]2[C@@H](O)[C@H](O[C@@H]3[C@@H](O)[C@H](N)C[C@H](N)[C@H]3O[C@H]3O[C@H](CN)[C@@H](O)[C@H](O)[C@H]3N)O[C@@H]2CNCCCC[C@H](NC(=O)OCC2c3ccccc3-c3ccccc32)C(=O)N[C@@H](Cc2c[nH]c3ccccc23)C(=O)OCc2ccccc2)[C@@H](N)[C@H](O)[C@H]1O. The van der Waals surface area contributed by atoms with Crippen LogP contribution in [0, 0.1) is 0 Å². The predicted molar refractivity (Wildman–Crippen MR) is 320 cm³/mol. The van der Waals surface area contributed by atoms with E-state index in [9.17, 15) is 45.0 Å². The fraction of sp³-hybridized carbons (Fsp3) is 0.532. The lowest BCUT2D eigenvalue weighted by Crippen LogP contribution is -2.68. The van der Waals surface area contributed by atoms with Crippen molar-refractivity contribution in [2.45, 2.75) is 173 Å². The third-order valence-electron chi connectivity index (χ3n) is 17.5. The highest BCUT2D eigenvalue weighted by Gasteiger charge is 2.54. The molecule has 2 aliphatic carbocycles. The maximum absolute atomic E-state index is 14.7. The highest BCUT2D eigenvalue weighted by atomic mass is 16.8. The molecule has 1 unspecified atom stereocenters. The standard InChI is InChI=1S/C62H84N10O17/c63-24-43-49(74)51(76)46(67)59(84-43)87-54-39(66)23-38(65)48(73)56(54)89-61-53(78)55(88-60-47(68)52(77)50(75)44(25-64)85-60)45(86-61)27-69-21-11-10-20-41(72-62(81)83-29-37-35-17-6-4-15-33(35)34-16-5-7-18-36(34)37)57(79)71-42(58(80)82-28-30-12-2-1-3-13-30)22-31-26-70-40-19-9-8-14-32(31)40/h1-9,12-19,26,37-39,41-56,59-61,69-70,73-78H,10-11,20-25,27-29,63-68H2,(H,71,79)(H,72,81)/t38-,39+,41+,42+,43-,44-,45-,46-,47+,48+,49-,50+,51-,52+,53-,54-,55-,56-,59-,60?,61+/m1/s1. The number of ether oxygens (including phenoxy) is 8. The third kappa shape index (κ3) is 15.0. The molecule has 0 spiro atoms. The van der Waals surface area contributed by atoms with E-state index in [4.69, 9.17) is 72.3 Å². The minimum absolute atomic E-state index is 0.0240. The lowest BCUT2D eigenvalue weighted by molar-refractivity contribution is -0.306. The van der Waals surface area contributed by atoms with Gasteiger partial charge >= 0.3 is 12.1 Å². The van der Waals surface area contributed by atoms with Gasteiger partial charge in [-0.05, 0) is 71.7 Å². The van der Waals surface area contributed by atoms with Crippen molar-refractivity contribution in [3.8, 4) is 11.1 Å². The normalized spacial score (nSPS) is 32.6. The number of H-pyrrole nitrogens is 1. The summed E-state index contributed by atoms with van der Waals surface area (Å²) in [6.45, 7) is -0.284. The van der Waals surface area contributed by atoms with Gasteiger partial charge in [0.2, 0.25) is 5.91 Å². The average Bonchev–Trinajstić information content (AvgIpc) is 1.80. The lowest BCUT2D eigenvalue weighted by Gasteiger charge is -2.47. The van der Waals surface area contributed by atoms with E-state index in [1.165, 1.54) is 0 Å². The monoisotopic (exact) mass is 1240 g/mol. The Labute approximate surface area is 513 Å². The van der Waals surface area contributed by atoms with Gasteiger partial charge in [-0.15, -0.1) is 0 Å². The van der Waals surface area contributed by atoms with Crippen molar-refractivity contribution in [1.29, 1.82) is 0 Å². The number of aliphatic hydroxyl groups excluding tert-OH is 6. The van der Waals surface area contributed by atoms with Crippen molar-refractivity contribution in [3.63, 3.8) is 0 Å². The van der Waals surface area contributed by atoms with Crippen LogP contribution >= 0.6 is 0 Å². The first-order valence-corrected chi connectivity index (χ1v) is 30.3. The van der Waals surface area contributed by atoms with Crippen LogP contribution in [0.2, 0.25) is 0 Å². The first-order valence-electron chi connectivity index (χ1n) is 30.3. The van der Waals surface area contributed by atoms with Crippen LogP contribution in [0.25, 0.3) is 22.0 Å². The Morgan fingerprint density at radius 2 is 1.18 bits per heavy atom. The second-order valence-corrected chi connectivity index (χ2v) is 23.5. The molecule has 0 radical (unpaired) electrons. The Morgan fingerprint density at radius 1 is 0.596 bits per heavy atom. The topological polar surface area (TPSA) is 454 Å². The van der Waals surface area contributed by atoms with Crippen molar-refractivity contribution in [2.24, 2.45) is 34.4 Å². The van der Waals surface area contributed by atoms with Crippen LogP contribution in [0.3, 0.4) is 0 Å². The smallest absolute Gasteiger partial charge is 0.407 e. The largest absolute Gasteiger partial charge is 0.459 e. The fourth-order valence-corrected chi connectivity index (χ4v) is 12.5. The van der Waals surface area contributed by atoms with Crippen molar-refractivity contribution >= 4 is 28.9 Å². The molecule has 5 aliphatic rings. The van der Waals surface area contributed by atoms with E-state index in [0.29, 0.717) is 12.8 Å². The van der Waals surface area contributed by atoms with E-state index in [0.717, 1.165) is 44.3 Å². The molecule has 21 atom stereocenters. The van der Waals surface area contributed by atoms with Crippen LogP contribution in [0.4, 0.5) is 4.79 Å². The lowest BCUT2D eigenvalue weighted by atomic mass is 9.84. The number of nitrogens with two attached hydrogens (primary N) is 6. The Bertz CT molecular complexity index is 3090. The Morgan fingerprint density at radius 3 is 1.83 bits per heavy atom. The number of carbonyl (C=O) groups excluding carboxylic acids is 3. The third-order valence-corrected chi connectivity index (χ3v) is 17.5. The zero-order valence-corrected chi connectivity index (χ0v) is 49.0. The number of unbranched alkanes of at least 4 members (excludes halogenated alkanes) is 1. The van der Waals surface area contributed by atoms with E-state index in [-0.39, 0.29) is 64.6 Å². The Balaban J connectivity index is 0.833. The highest BCUT2D eigenvalue weighted by molar-refractivity contribution is 5.91. The van der Waals surface area contributed by atoms with Gasteiger partial charge in [-0.1, -0.05) is 97.1 Å². The Hall–Kier alpha value is -6.13. The first kappa shape index (κ1) is 65.8. The molecular weight excluding hydrogens is 1160 g/mol. The van der Waals surface area contributed by atoms with Crippen molar-refractivity contribution in [2.75, 3.05) is 32.8 Å². The number of hydrogen-bond donors (Lipinski definition) is 16. The van der Waals surface area contributed by atoms with E-state index in [2.05, 4.69) is 20.9 Å². The number of amides is 2. The summed E-state index contributed by atoms with van der Waals surface area (Å²) in [5.74, 6) is -1.61. The first-order chi connectivity index (χ1) is 42.9. The molecule has 3 aliphatic heterocycles. The van der Waals surface area contributed by atoms with E-state index < -0.39 is 146 Å². The van der Waals surface area contributed by atoms with Crippen LogP contribution in [-0.4, -0.2) is 215 Å². The number of aromatic amines is 1. The van der Waals surface area contributed by atoms with Crippen LogP contribution in [0.5, 0.6) is 0 Å². The fourth-order valence-electron chi connectivity index (χ4n) is 12.5. The maximum Gasteiger partial charge on any atom is 0.407 e. The summed E-state index contributed by atoms with van der Waals surface area (Å²) >= 11 is 0. The molecule has 1 aromatic heterocycles. The van der Waals surface area contributed by atoms with Gasteiger partial charge in [0, 0.05) is 61.2 Å². The number of nitrogens with one attached hydrogen (secondary N) is 4. The molecule has 5 aromatic rings. The molecule has 27 nitrogen and oxygen atoms in total. The predicted octanol–water partition coefficient (Wildman–Crippen LogP) is -2.27. The van der Waals surface area contributed by atoms with Gasteiger partial charge in [-0.3, -0.25) is 4.79 Å². The molecular formula is C62H84N10O17. The van der Waals surface area contributed by atoms with Gasteiger partial charge in [0.05, 0.1) is 18.2 Å². The van der Waals surface area contributed by atoms with Crippen LogP contribution in [-0.2, 0) is 60.5 Å². The average molecular weight is 1240 g/mol. The second-order valence-electron chi connectivity index (χ2n) is 23.5. The van der Waals surface area contributed by atoms with Gasteiger partial charge in [0.25, 0.3) is 0 Å². The number of carbonyl (C=O) groups is 3. The molecule has 22 N–H and O–H groups in total. The Kier molecular flexibility index (Phi) is 22.1. The molecule has 0 bridgehead atoms. The van der Waals surface area contributed by atoms with Crippen LogP contribution < -0.4 is 50.4 Å². The van der Waals surface area contributed by atoms with E-state index >= 15 is 0 Å². The maximum atomic E-state index is 14.7. The van der Waals surface area contributed by atoms with Gasteiger partial charge in [-0.2, -0.15) is 0 Å². The minimum Gasteiger partial charge on any atom is -0.459 e. The number of hydrogen-bond acceptors (Lipinski definition) is 24. The summed E-state index contributed by atoms with van der Waals surface area (Å²) in [4.78, 5) is 45.9. The zero-order valence-electron chi connectivity index (χ0n) is 49.0.